The zero-order valence-corrected chi connectivity index (χ0v) is 17.1. The highest BCUT2D eigenvalue weighted by molar-refractivity contribution is 7.82. The van der Waals surface area contributed by atoms with Crippen molar-refractivity contribution < 1.29 is 14.0 Å². The molecule has 148 valence electrons. The number of carbonyl (C=O) groups excluding carboxylic acids is 2. The number of nitrogens with one attached hydrogen (secondary N) is 2. The van der Waals surface area contributed by atoms with Gasteiger partial charge in [-0.2, -0.15) is 0 Å². The molecule has 2 N–H and O–H groups in total. The highest BCUT2D eigenvalue weighted by atomic mass is 35.5. The van der Waals surface area contributed by atoms with Crippen molar-refractivity contribution in [3.8, 4) is 0 Å². The van der Waals surface area contributed by atoms with E-state index in [-0.39, 0.29) is 5.56 Å². The molecule has 0 fully saturated rings. The number of hydrogen-bond acceptors (Lipinski definition) is 3. The fourth-order valence-electron chi connectivity index (χ4n) is 2.45. The summed E-state index contributed by atoms with van der Waals surface area (Å²) in [6.07, 6.45) is 0. The lowest BCUT2D eigenvalue weighted by Gasteiger charge is -2.17. The van der Waals surface area contributed by atoms with Crippen molar-refractivity contribution >= 4 is 65.0 Å². The van der Waals surface area contributed by atoms with Gasteiger partial charge < -0.3 is 10.6 Å². The molecule has 0 aromatic heterocycles. The standard InChI is InChI=1S/C20H14Cl2FN3O2S/c21-12-9-13(22)11-15(10-12)25-20(28)26(29)16-7-5-14(6-8-16)24-19(27)17-3-1-2-4-18(17)23/h1-11,29H,(H,24,27)(H,25,28). The van der Waals surface area contributed by atoms with Crippen molar-refractivity contribution in [3.05, 3.63) is 88.2 Å². The number of nitrogens with zero attached hydrogens (tertiary/aromatic N) is 1. The number of rotatable bonds is 4. The van der Waals surface area contributed by atoms with Gasteiger partial charge in [-0.1, -0.05) is 48.1 Å². The van der Waals surface area contributed by atoms with Crippen LogP contribution in [0.2, 0.25) is 10.0 Å². The molecule has 3 rings (SSSR count). The number of amides is 3. The van der Waals surface area contributed by atoms with Crippen molar-refractivity contribution in [2.45, 2.75) is 0 Å². The Morgan fingerprint density at radius 2 is 1.48 bits per heavy atom. The molecule has 9 heteroatoms. The van der Waals surface area contributed by atoms with Gasteiger partial charge in [0.1, 0.15) is 5.82 Å². The highest BCUT2D eigenvalue weighted by Crippen LogP contribution is 2.25. The number of benzene rings is 3. The van der Waals surface area contributed by atoms with E-state index in [1.165, 1.54) is 18.2 Å². The Hall–Kier alpha value is -2.74. The zero-order valence-electron chi connectivity index (χ0n) is 14.7. The summed E-state index contributed by atoms with van der Waals surface area (Å²) in [5, 5.41) is 5.99. The van der Waals surface area contributed by atoms with E-state index in [0.717, 1.165) is 4.31 Å². The van der Waals surface area contributed by atoms with E-state index in [9.17, 15) is 14.0 Å². The minimum absolute atomic E-state index is 0.0630. The number of hydrogen-bond donors (Lipinski definition) is 3. The van der Waals surface area contributed by atoms with Crippen LogP contribution >= 0.6 is 36.0 Å². The lowest BCUT2D eigenvalue weighted by molar-refractivity contribution is 0.102. The van der Waals surface area contributed by atoms with Gasteiger partial charge in [0.05, 0.1) is 11.3 Å². The molecule has 0 bridgehead atoms. The van der Waals surface area contributed by atoms with Gasteiger partial charge in [0.15, 0.2) is 0 Å². The summed E-state index contributed by atoms with van der Waals surface area (Å²) in [6, 6.07) is 16.1. The molecule has 3 aromatic carbocycles. The number of carbonyl (C=O) groups is 2. The predicted octanol–water partition coefficient (Wildman–Crippen LogP) is 6.27. The molecule has 3 amide bonds. The topological polar surface area (TPSA) is 61.4 Å². The van der Waals surface area contributed by atoms with Crippen molar-refractivity contribution in [3.63, 3.8) is 0 Å². The fraction of sp³-hybridized carbons (Fsp3) is 0. The van der Waals surface area contributed by atoms with Crippen LogP contribution in [-0.2, 0) is 0 Å². The normalized spacial score (nSPS) is 10.3. The molecule has 0 saturated carbocycles. The second kappa shape index (κ2) is 9.17. The highest BCUT2D eigenvalue weighted by Gasteiger charge is 2.14. The number of halogens is 3. The van der Waals surface area contributed by atoms with Crippen LogP contribution in [0.1, 0.15) is 10.4 Å². The second-order valence-corrected chi connectivity index (χ2v) is 7.15. The molecule has 0 unspecified atom stereocenters. The summed E-state index contributed by atoms with van der Waals surface area (Å²) in [6.45, 7) is 0. The number of urea groups is 1. The molecule has 0 aliphatic heterocycles. The Labute approximate surface area is 182 Å². The van der Waals surface area contributed by atoms with Gasteiger partial charge in [0.2, 0.25) is 0 Å². The van der Waals surface area contributed by atoms with E-state index in [1.807, 2.05) is 0 Å². The fourth-order valence-corrected chi connectivity index (χ4v) is 3.16. The van der Waals surface area contributed by atoms with Gasteiger partial charge in [-0.25, -0.2) is 13.5 Å². The Morgan fingerprint density at radius 3 is 2.10 bits per heavy atom. The van der Waals surface area contributed by atoms with Gasteiger partial charge in [-0.15, -0.1) is 0 Å². The molecular weight excluding hydrogens is 436 g/mol. The molecular formula is C20H14Cl2FN3O2S. The third-order valence-corrected chi connectivity index (χ3v) is 4.64. The van der Waals surface area contributed by atoms with Gasteiger partial charge in [0, 0.05) is 21.4 Å². The molecule has 0 atom stereocenters. The summed E-state index contributed by atoms with van der Waals surface area (Å²) in [7, 11) is 0. The third-order valence-electron chi connectivity index (χ3n) is 3.79. The van der Waals surface area contributed by atoms with Crippen molar-refractivity contribution in [1.29, 1.82) is 0 Å². The minimum Gasteiger partial charge on any atom is -0.322 e. The van der Waals surface area contributed by atoms with Crippen LogP contribution in [0.4, 0.5) is 26.2 Å². The van der Waals surface area contributed by atoms with E-state index >= 15 is 0 Å². The Morgan fingerprint density at radius 1 is 0.862 bits per heavy atom. The van der Waals surface area contributed by atoms with Gasteiger partial charge in [0.25, 0.3) is 5.91 Å². The molecule has 0 saturated heterocycles. The van der Waals surface area contributed by atoms with E-state index in [2.05, 4.69) is 23.4 Å². The Kier molecular flexibility index (Phi) is 6.64. The maximum atomic E-state index is 13.7. The SMILES string of the molecule is O=C(Nc1ccc(N(S)C(=O)Nc2cc(Cl)cc(Cl)c2)cc1)c1ccccc1F. The summed E-state index contributed by atoms with van der Waals surface area (Å²) in [4.78, 5) is 24.5. The zero-order chi connectivity index (χ0) is 21.0. The van der Waals surface area contributed by atoms with E-state index in [1.54, 1.807) is 48.5 Å². The Balaban J connectivity index is 1.66. The van der Waals surface area contributed by atoms with Crippen molar-refractivity contribution in [1.82, 2.24) is 0 Å². The lowest BCUT2D eigenvalue weighted by atomic mass is 10.2. The van der Waals surface area contributed by atoms with E-state index in [4.69, 9.17) is 23.2 Å². The van der Waals surface area contributed by atoms with Crippen LogP contribution in [0.3, 0.4) is 0 Å². The first-order valence-electron chi connectivity index (χ1n) is 8.25. The van der Waals surface area contributed by atoms with Crippen molar-refractivity contribution in [2.24, 2.45) is 0 Å². The molecule has 0 spiro atoms. The van der Waals surface area contributed by atoms with Crippen LogP contribution in [0.15, 0.2) is 66.7 Å². The minimum atomic E-state index is -0.610. The Bertz CT molecular complexity index is 1040. The van der Waals surface area contributed by atoms with Crippen LogP contribution < -0.4 is 14.9 Å². The third kappa shape index (κ3) is 5.41. The molecule has 0 aliphatic carbocycles. The number of thiol groups is 1. The molecule has 29 heavy (non-hydrogen) atoms. The first-order valence-corrected chi connectivity index (χ1v) is 9.41. The summed E-state index contributed by atoms with van der Waals surface area (Å²) in [5.74, 6) is -1.19. The monoisotopic (exact) mass is 449 g/mol. The molecule has 0 heterocycles. The average molecular weight is 450 g/mol. The van der Waals surface area contributed by atoms with E-state index < -0.39 is 17.8 Å². The molecule has 5 nitrogen and oxygen atoms in total. The second-order valence-electron chi connectivity index (χ2n) is 5.88. The van der Waals surface area contributed by atoms with Gasteiger partial charge in [-0.3, -0.25) is 4.79 Å². The van der Waals surface area contributed by atoms with Gasteiger partial charge in [-0.05, 0) is 54.6 Å². The summed E-state index contributed by atoms with van der Waals surface area (Å²) < 4.78 is 14.8. The average Bonchev–Trinajstić information content (AvgIpc) is 2.67. The van der Waals surface area contributed by atoms with Crippen LogP contribution in [0.5, 0.6) is 0 Å². The largest absolute Gasteiger partial charge is 0.336 e. The van der Waals surface area contributed by atoms with Crippen molar-refractivity contribution in [2.75, 3.05) is 14.9 Å². The summed E-state index contributed by atoms with van der Waals surface area (Å²) >= 11 is 16.0. The smallest absolute Gasteiger partial charge is 0.322 e. The van der Waals surface area contributed by atoms with Gasteiger partial charge >= 0.3 is 6.03 Å². The number of anilines is 3. The van der Waals surface area contributed by atoms with Crippen LogP contribution in [0, 0.1) is 5.82 Å². The van der Waals surface area contributed by atoms with Crippen LogP contribution in [-0.4, -0.2) is 11.9 Å². The maximum Gasteiger partial charge on any atom is 0.336 e. The first kappa shape index (κ1) is 21.0. The summed E-state index contributed by atoms with van der Waals surface area (Å²) in [5.41, 5.74) is 1.24. The lowest BCUT2D eigenvalue weighted by Crippen LogP contribution is -2.26. The van der Waals surface area contributed by atoms with Crippen LogP contribution in [0.25, 0.3) is 0 Å². The molecule has 0 radical (unpaired) electrons. The first-order chi connectivity index (χ1) is 13.8. The quantitative estimate of drug-likeness (QED) is 0.411. The maximum absolute atomic E-state index is 13.7. The molecule has 3 aromatic rings. The predicted molar refractivity (Wildman–Crippen MR) is 118 cm³/mol. The molecule has 0 aliphatic rings. The van der Waals surface area contributed by atoms with E-state index in [0.29, 0.717) is 27.1 Å².